The summed E-state index contributed by atoms with van der Waals surface area (Å²) in [5, 5.41) is 42.0. The Kier molecular flexibility index (Phi) is 21.0. The molecular weight excluding hydrogens is 1240 g/mol. The van der Waals surface area contributed by atoms with Gasteiger partial charge in [-0.25, -0.2) is 39.7 Å². The number of carbonyl (C=O) groups excluding carboxylic acids is 6. The van der Waals surface area contributed by atoms with Crippen LogP contribution >= 0.6 is 68.0 Å². The van der Waals surface area contributed by atoms with Crippen LogP contribution in [0.15, 0.2) is 64.0 Å². The Bertz CT molecular complexity index is 3840. The van der Waals surface area contributed by atoms with Crippen LogP contribution in [0.5, 0.6) is 0 Å². The zero-order chi connectivity index (χ0) is 61.9. The van der Waals surface area contributed by atoms with E-state index in [-0.39, 0.29) is 85.7 Å². The average molecular weight is 1300 g/mol. The largest absolute Gasteiger partial charge is 0.481 e. The summed E-state index contributed by atoms with van der Waals surface area (Å²) in [6.45, 7) is 4.81. The van der Waals surface area contributed by atoms with Crippen LogP contribution in [-0.2, 0) is 41.7 Å². The van der Waals surface area contributed by atoms with E-state index in [4.69, 9.17) is 49.5 Å². The van der Waals surface area contributed by atoms with Gasteiger partial charge in [0, 0.05) is 65.5 Å². The molecule has 1 aliphatic heterocycles. The molecule has 0 spiro atoms. The first-order valence-corrected chi connectivity index (χ1v) is 32.1. The molecule has 1 aliphatic rings. The molecule has 7 N–H and O–H groups in total. The summed E-state index contributed by atoms with van der Waals surface area (Å²) in [6.07, 6.45) is -1.07. The third-order valence-electron chi connectivity index (χ3n) is 13.1. The Morgan fingerprint density at radius 2 is 1.39 bits per heavy atom. The van der Waals surface area contributed by atoms with Gasteiger partial charge in [-0.3, -0.25) is 38.5 Å². The number of pyridine rings is 1. The second-order valence-corrected chi connectivity index (χ2v) is 25.6. The number of carboxylic acid groups (broad SMARTS) is 2. The highest BCUT2D eigenvalue weighted by atomic mass is 32.1. The fourth-order valence-electron chi connectivity index (χ4n) is 8.82. The first-order valence-electron chi connectivity index (χ1n) is 27.0. The highest BCUT2D eigenvalue weighted by Crippen LogP contribution is 2.40. The maximum Gasteiger partial charge on any atom is 0.415 e. The number of aromatic nitrogens is 7. The van der Waals surface area contributed by atoms with E-state index >= 15 is 0 Å². The molecule has 6 amide bonds. The molecule has 0 aliphatic carbocycles. The van der Waals surface area contributed by atoms with Crippen LogP contribution in [0, 0.1) is 12.8 Å². The normalized spacial score (nSPS) is 15.6. The summed E-state index contributed by atoms with van der Waals surface area (Å²) in [5.41, 5.74) is 3.01. The number of anilines is 1. The van der Waals surface area contributed by atoms with E-state index in [2.05, 4.69) is 26.6 Å². The molecule has 3 atom stereocenters. The smallest absolute Gasteiger partial charge is 0.415 e. The van der Waals surface area contributed by atoms with Gasteiger partial charge in [-0.15, -0.1) is 68.0 Å². The summed E-state index contributed by atoms with van der Waals surface area (Å²) < 4.78 is 10.8. The Balaban J connectivity index is 1.11. The number of aryl methyl sites for hydroxylation is 1. The summed E-state index contributed by atoms with van der Waals surface area (Å²) in [5.74, 6) is -4.96. The molecular formula is C56H57N13O12S6. The van der Waals surface area contributed by atoms with Crippen LogP contribution in [0.3, 0.4) is 0 Å². The molecule has 454 valence electrons. The highest BCUT2D eigenvalue weighted by molar-refractivity contribution is 7.15. The van der Waals surface area contributed by atoms with E-state index in [1.165, 1.54) is 53.1 Å². The molecule has 10 bridgehead atoms. The van der Waals surface area contributed by atoms with E-state index in [0.29, 0.717) is 69.6 Å². The maximum atomic E-state index is 14.4. The molecule has 8 aromatic rings. The van der Waals surface area contributed by atoms with Crippen molar-refractivity contribution in [2.75, 3.05) is 38.8 Å². The average Bonchev–Trinajstić information content (AvgIpc) is 2.26. The zero-order valence-electron chi connectivity index (χ0n) is 47.2. The van der Waals surface area contributed by atoms with Crippen molar-refractivity contribution in [1.29, 1.82) is 0 Å². The van der Waals surface area contributed by atoms with Crippen LogP contribution < -0.4 is 31.5 Å². The molecule has 0 radical (unpaired) electrons. The number of thiazole rings is 6. The highest BCUT2D eigenvalue weighted by Gasteiger charge is 2.32. The second kappa shape index (κ2) is 28.9. The number of carbonyl (C=O) groups is 8. The van der Waals surface area contributed by atoms with Crippen molar-refractivity contribution < 1.29 is 58.0 Å². The summed E-state index contributed by atoms with van der Waals surface area (Å²) in [4.78, 5) is 142. The minimum Gasteiger partial charge on any atom is -0.481 e. The topological polar surface area (TPSA) is 349 Å². The number of aliphatic carboxylic acids is 2. The van der Waals surface area contributed by atoms with Crippen molar-refractivity contribution in [1.82, 2.24) is 61.5 Å². The van der Waals surface area contributed by atoms with Gasteiger partial charge in [-0.2, -0.15) is 0 Å². The van der Waals surface area contributed by atoms with E-state index < -0.39 is 72.2 Å². The quantitative estimate of drug-likeness (QED) is 0.0420. The molecule has 1 aromatic carbocycles. The van der Waals surface area contributed by atoms with E-state index in [1.54, 1.807) is 35.2 Å². The summed E-state index contributed by atoms with van der Waals surface area (Å²) in [7, 11) is 2.94. The van der Waals surface area contributed by atoms with Gasteiger partial charge in [0.25, 0.3) is 17.7 Å². The molecule has 1 unspecified atom stereocenters. The number of fused-ring (bicyclic) bond motifs is 14. The summed E-state index contributed by atoms with van der Waals surface area (Å²) in [6, 6.07) is 10.6. The van der Waals surface area contributed by atoms with E-state index in [0.717, 1.165) is 39.6 Å². The molecule has 0 saturated heterocycles. The van der Waals surface area contributed by atoms with Crippen LogP contribution in [-0.4, -0.2) is 127 Å². The Labute approximate surface area is 521 Å². The predicted octanol–water partition coefficient (Wildman–Crippen LogP) is 8.49. The number of hydrogen-bond acceptors (Lipinski definition) is 23. The van der Waals surface area contributed by atoms with Gasteiger partial charge in [0.05, 0.1) is 54.9 Å². The van der Waals surface area contributed by atoms with Crippen LogP contribution in [0.4, 0.5) is 10.6 Å². The number of carboxylic acids is 2. The molecule has 9 rings (SSSR count). The number of hydrogen-bond donors (Lipinski definition) is 7. The maximum absolute atomic E-state index is 14.4. The number of nitrogens with one attached hydrogen (secondary N) is 5. The van der Waals surface area contributed by atoms with Crippen molar-refractivity contribution in [3.05, 3.63) is 111 Å². The molecule has 0 saturated carbocycles. The first-order chi connectivity index (χ1) is 41.8. The standard InChI is InChI=1S/C56H57N13O12S6/c1-27(2)43-55-68-46(37(87-55)22-80-5)48(77)58-21-40(71)59-32(19-29-11-7-6-8-12-29)52-64-36(25-84-52)53-62-34(23-83-53)45-30(50-63-35(24-82-50)47(76)61-33(20-39(70)57-4)54-67-44(28(3)86-54)49(78)66-43)15-16-31(60-45)51-65-38(26-85-51)69(17-9-13-41(72)73)56(79)81-18-10-14-42(74)75/h6-8,11-12,15-16,23-27,32-33,43H,9-10,13-14,17-22H2,1-5H3,(H,57,70)(H,58,77)(H,59,71)(H,61,76)(H,66,78)(H,72,73)(H,74,75)/t32-,33-,43?/m0/s1. The number of methoxy groups -OCH3 is 1. The van der Waals surface area contributed by atoms with E-state index in [9.17, 15) is 43.5 Å². The van der Waals surface area contributed by atoms with Crippen molar-refractivity contribution in [3.8, 4) is 43.4 Å². The van der Waals surface area contributed by atoms with Crippen molar-refractivity contribution in [3.63, 3.8) is 0 Å². The molecule has 87 heavy (non-hydrogen) atoms. The van der Waals surface area contributed by atoms with Crippen LogP contribution in [0.25, 0.3) is 43.4 Å². The van der Waals surface area contributed by atoms with Crippen molar-refractivity contribution >= 4 is 121 Å². The zero-order valence-corrected chi connectivity index (χ0v) is 52.1. The number of rotatable bonds is 17. The minimum atomic E-state index is -1.07. The predicted molar refractivity (Wildman–Crippen MR) is 328 cm³/mol. The molecule has 7 aromatic heterocycles. The molecule has 25 nitrogen and oxygen atoms in total. The SMILES string of the molecule is CNC(=O)C[C@@H]1NC(=O)c2csc(n2)-c2ccc(-c3nc(N(CCCC(=O)O)C(=O)OCCCC(=O)O)cs3)nc2-c2csc(n2)-c2csc(n2)[C@H](Cc2ccccc2)NC(=O)CNC(=O)c2nc(sc2COC)C(C(C)C)NC(=O)c2nc1sc2C. The molecule has 8 heterocycles. The third kappa shape index (κ3) is 15.8. The monoisotopic (exact) mass is 1300 g/mol. The summed E-state index contributed by atoms with van der Waals surface area (Å²) >= 11 is 7.20. The van der Waals surface area contributed by atoms with Crippen molar-refractivity contribution in [2.45, 2.75) is 84.0 Å². The second-order valence-electron chi connectivity index (χ2n) is 19.8. The number of benzene rings is 1. The van der Waals surface area contributed by atoms with E-state index in [1.807, 2.05) is 49.6 Å². The molecule has 31 heteroatoms. The van der Waals surface area contributed by atoms with Crippen LogP contribution in [0.2, 0.25) is 0 Å². The van der Waals surface area contributed by atoms with Gasteiger partial charge in [-0.1, -0.05) is 44.2 Å². The Morgan fingerprint density at radius 1 is 0.690 bits per heavy atom. The van der Waals surface area contributed by atoms with Gasteiger partial charge >= 0.3 is 18.0 Å². The lowest BCUT2D eigenvalue weighted by atomic mass is 10.0. The lowest BCUT2D eigenvalue weighted by Gasteiger charge is -2.20. The van der Waals surface area contributed by atoms with Gasteiger partial charge in [-0.05, 0) is 49.8 Å². The number of amides is 6. The van der Waals surface area contributed by atoms with Gasteiger partial charge in [0.1, 0.15) is 70.0 Å². The van der Waals surface area contributed by atoms with Gasteiger partial charge in [0.15, 0.2) is 0 Å². The Morgan fingerprint density at radius 3 is 2.14 bits per heavy atom. The fraction of sp³-hybridized carbons (Fsp3) is 0.339. The minimum absolute atomic E-state index is 0.000212. The van der Waals surface area contributed by atoms with Gasteiger partial charge in [0.2, 0.25) is 11.8 Å². The lowest BCUT2D eigenvalue weighted by molar-refractivity contribution is -0.138. The molecule has 0 fully saturated rings. The third-order valence-corrected chi connectivity index (χ3v) is 18.9. The van der Waals surface area contributed by atoms with Crippen LogP contribution in [0.1, 0.15) is 126 Å². The number of ether oxygens (including phenoxy) is 2. The lowest BCUT2D eigenvalue weighted by Crippen LogP contribution is -2.39. The first kappa shape index (κ1) is 63.2. The van der Waals surface area contributed by atoms with Crippen molar-refractivity contribution in [2.24, 2.45) is 5.92 Å². The van der Waals surface area contributed by atoms with Gasteiger partial charge < -0.3 is 46.3 Å². The fourth-order valence-corrected chi connectivity index (χ4v) is 14.3. The Hall–Kier alpha value is -8.33. The number of nitrogens with zero attached hydrogens (tertiary/aromatic N) is 8.